The highest BCUT2D eigenvalue weighted by molar-refractivity contribution is 5.91. The number of hydrogen-bond donors (Lipinski definition) is 2. The first kappa shape index (κ1) is 16.0. The normalized spacial score (nSPS) is 12.4. The van der Waals surface area contributed by atoms with Gasteiger partial charge in [0.05, 0.1) is 7.11 Å². The summed E-state index contributed by atoms with van der Waals surface area (Å²) in [4.78, 5) is 12.0. The summed E-state index contributed by atoms with van der Waals surface area (Å²) in [5.41, 5.74) is 1.65. The first-order chi connectivity index (χ1) is 11.7. The van der Waals surface area contributed by atoms with Gasteiger partial charge in [-0.1, -0.05) is 0 Å². The van der Waals surface area contributed by atoms with Gasteiger partial charge >= 0.3 is 0 Å². The number of amides is 1. The molecule has 1 aliphatic rings. The number of benzene rings is 2. The standard InChI is InChI=1S/C18H20N2O4/c1-22-15-5-2-13(3-6-15)19-9-8-18(21)20-14-4-7-16-17(12-14)24-11-10-23-16/h2-7,12,19H,8-11H2,1H3,(H,20,21). The van der Waals surface area contributed by atoms with E-state index in [9.17, 15) is 4.79 Å². The maximum Gasteiger partial charge on any atom is 0.226 e. The zero-order valence-corrected chi connectivity index (χ0v) is 13.5. The number of anilines is 2. The second-order valence-electron chi connectivity index (χ2n) is 5.31. The maximum atomic E-state index is 12.0. The third kappa shape index (κ3) is 4.10. The van der Waals surface area contributed by atoms with Crippen LogP contribution >= 0.6 is 0 Å². The number of rotatable bonds is 6. The first-order valence-electron chi connectivity index (χ1n) is 7.82. The summed E-state index contributed by atoms with van der Waals surface area (Å²) in [6.45, 7) is 1.62. The topological polar surface area (TPSA) is 68.8 Å². The second kappa shape index (κ2) is 7.59. The predicted molar refractivity (Wildman–Crippen MR) is 92.2 cm³/mol. The SMILES string of the molecule is COc1ccc(NCCC(=O)Nc2ccc3c(c2)OCCO3)cc1. The maximum absolute atomic E-state index is 12.0. The molecule has 2 aromatic carbocycles. The van der Waals surface area contributed by atoms with Crippen molar-refractivity contribution in [1.29, 1.82) is 0 Å². The van der Waals surface area contributed by atoms with Crippen LogP contribution in [-0.2, 0) is 4.79 Å². The Bertz CT molecular complexity index is 701. The molecule has 0 bridgehead atoms. The molecule has 0 unspecified atom stereocenters. The molecule has 24 heavy (non-hydrogen) atoms. The molecule has 0 saturated heterocycles. The molecule has 1 amide bonds. The number of carbonyl (C=O) groups is 1. The first-order valence-corrected chi connectivity index (χ1v) is 7.82. The van der Waals surface area contributed by atoms with Gasteiger partial charge in [0, 0.05) is 30.4 Å². The van der Waals surface area contributed by atoms with Crippen LogP contribution in [0.1, 0.15) is 6.42 Å². The van der Waals surface area contributed by atoms with E-state index in [4.69, 9.17) is 14.2 Å². The highest BCUT2D eigenvalue weighted by Crippen LogP contribution is 2.32. The summed E-state index contributed by atoms with van der Waals surface area (Å²) in [5, 5.41) is 6.06. The van der Waals surface area contributed by atoms with Crippen molar-refractivity contribution in [3.63, 3.8) is 0 Å². The van der Waals surface area contributed by atoms with E-state index in [0.29, 0.717) is 43.4 Å². The number of nitrogens with one attached hydrogen (secondary N) is 2. The van der Waals surface area contributed by atoms with Gasteiger partial charge in [0.25, 0.3) is 0 Å². The van der Waals surface area contributed by atoms with Gasteiger partial charge in [0.15, 0.2) is 11.5 Å². The summed E-state index contributed by atoms with van der Waals surface area (Å²) >= 11 is 0. The Morgan fingerprint density at radius 3 is 2.50 bits per heavy atom. The van der Waals surface area contributed by atoms with Gasteiger partial charge in [-0.2, -0.15) is 0 Å². The van der Waals surface area contributed by atoms with Gasteiger partial charge in [0.1, 0.15) is 19.0 Å². The number of methoxy groups -OCH3 is 1. The Morgan fingerprint density at radius 1 is 1.04 bits per heavy atom. The summed E-state index contributed by atoms with van der Waals surface area (Å²) in [7, 11) is 1.63. The quantitative estimate of drug-likeness (QED) is 0.853. The molecule has 3 rings (SSSR count). The minimum atomic E-state index is -0.0623. The summed E-state index contributed by atoms with van der Waals surface area (Å²) < 4.78 is 16.1. The zero-order valence-electron chi connectivity index (χ0n) is 13.5. The number of ether oxygens (including phenoxy) is 3. The van der Waals surface area contributed by atoms with Crippen LogP contribution in [0.5, 0.6) is 17.2 Å². The fourth-order valence-electron chi connectivity index (χ4n) is 2.37. The van der Waals surface area contributed by atoms with Crippen molar-refractivity contribution in [1.82, 2.24) is 0 Å². The van der Waals surface area contributed by atoms with E-state index in [2.05, 4.69) is 10.6 Å². The molecule has 126 valence electrons. The van der Waals surface area contributed by atoms with E-state index < -0.39 is 0 Å². The van der Waals surface area contributed by atoms with Crippen molar-refractivity contribution in [3.05, 3.63) is 42.5 Å². The molecule has 1 heterocycles. The van der Waals surface area contributed by atoms with E-state index in [1.807, 2.05) is 30.3 Å². The Hall–Kier alpha value is -2.89. The van der Waals surface area contributed by atoms with Gasteiger partial charge < -0.3 is 24.8 Å². The highest BCUT2D eigenvalue weighted by atomic mass is 16.6. The van der Waals surface area contributed by atoms with Crippen molar-refractivity contribution in [3.8, 4) is 17.2 Å². The fraction of sp³-hybridized carbons (Fsp3) is 0.278. The van der Waals surface area contributed by atoms with E-state index in [-0.39, 0.29) is 5.91 Å². The lowest BCUT2D eigenvalue weighted by Gasteiger charge is -2.19. The molecular weight excluding hydrogens is 308 g/mol. The lowest BCUT2D eigenvalue weighted by Crippen LogP contribution is -2.18. The molecule has 0 spiro atoms. The van der Waals surface area contributed by atoms with Crippen molar-refractivity contribution >= 4 is 17.3 Å². The molecule has 0 aromatic heterocycles. The van der Waals surface area contributed by atoms with Crippen LogP contribution in [0.4, 0.5) is 11.4 Å². The van der Waals surface area contributed by atoms with Crippen molar-refractivity contribution < 1.29 is 19.0 Å². The van der Waals surface area contributed by atoms with Crippen LogP contribution < -0.4 is 24.8 Å². The fourth-order valence-corrected chi connectivity index (χ4v) is 2.37. The van der Waals surface area contributed by atoms with Crippen LogP contribution in [0.25, 0.3) is 0 Å². The zero-order chi connectivity index (χ0) is 16.8. The molecule has 0 aliphatic carbocycles. The monoisotopic (exact) mass is 328 g/mol. The highest BCUT2D eigenvalue weighted by Gasteiger charge is 2.12. The minimum Gasteiger partial charge on any atom is -0.497 e. The Labute approximate surface area is 140 Å². The van der Waals surface area contributed by atoms with Crippen molar-refractivity contribution in [2.45, 2.75) is 6.42 Å². The number of fused-ring (bicyclic) bond motifs is 1. The van der Waals surface area contributed by atoms with Crippen molar-refractivity contribution in [2.24, 2.45) is 0 Å². The Kier molecular flexibility index (Phi) is 5.05. The molecule has 2 N–H and O–H groups in total. The molecular formula is C18H20N2O4. The minimum absolute atomic E-state index is 0.0623. The number of carbonyl (C=O) groups excluding carboxylic acids is 1. The summed E-state index contributed by atoms with van der Waals surface area (Å²) in [6.07, 6.45) is 0.362. The molecule has 0 atom stereocenters. The van der Waals surface area contributed by atoms with E-state index in [1.54, 1.807) is 19.2 Å². The average Bonchev–Trinajstić information content (AvgIpc) is 2.62. The molecule has 0 saturated carbocycles. The van der Waals surface area contributed by atoms with Gasteiger partial charge in [-0.25, -0.2) is 0 Å². The Morgan fingerprint density at radius 2 is 1.75 bits per heavy atom. The molecule has 6 heteroatoms. The molecule has 2 aromatic rings. The average molecular weight is 328 g/mol. The lowest BCUT2D eigenvalue weighted by molar-refractivity contribution is -0.115. The number of hydrogen-bond acceptors (Lipinski definition) is 5. The van der Waals surface area contributed by atoms with Crippen LogP contribution in [-0.4, -0.2) is 32.8 Å². The van der Waals surface area contributed by atoms with E-state index in [0.717, 1.165) is 11.4 Å². The molecule has 6 nitrogen and oxygen atoms in total. The van der Waals surface area contributed by atoms with Gasteiger partial charge in [-0.15, -0.1) is 0 Å². The predicted octanol–water partition coefficient (Wildman–Crippen LogP) is 2.91. The smallest absolute Gasteiger partial charge is 0.226 e. The molecule has 1 aliphatic heterocycles. The van der Waals surface area contributed by atoms with Gasteiger partial charge in [0.2, 0.25) is 5.91 Å². The third-order valence-corrected chi connectivity index (χ3v) is 3.60. The Balaban J connectivity index is 1.47. The van der Waals surface area contributed by atoms with Crippen LogP contribution in [0.2, 0.25) is 0 Å². The van der Waals surface area contributed by atoms with Crippen LogP contribution in [0, 0.1) is 0 Å². The molecule has 0 fully saturated rings. The lowest BCUT2D eigenvalue weighted by atomic mass is 10.2. The van der Waals surface area contributed by atoms with Crippen LogP contribution in [0.3, 0.4) is 0 Å². The largest absolute Gasteiger partial charge is 0.497 e. The van der Waals surface area contributed by atoms with Gasteiger partial charge in [-0.3, -0.25) is 4.79 Å². The van der Waals surface area contributed by atoms with Crippen LogP contribution in [0.15, 0.2) is 42.5 Å². The third-order valence-electron chi connectivity index (χ3n) is 3.60. The second-order valence-corrected chi connectivity index (χ2v) is 5.31. The molecule has 0 radical (unpaired) electrons. The van der Waals surface area contributed by atoms with Crippen molar-refractivity contribution in [2.75, 3.05) is 37.5 Å². The van der Waals surface area contributed by atoms with E-state index >= 15 is 0 Å². The van der Waals surface area contributed by atoms with Gasteiger partial charge in [-0.05, 0) is 36.4 Å². The summed E-state index contributed by atoms with van der Waals surface area (Å²) in [5.74, 6) is 2.11. The van der Waals surface area contributed by atoms with E-state index in [1.165, 1.54) is 0 Å². The summed E-state index contributed by atoms with van der Waals surface area (Å²) in [6, 6.07) is 13.0.